The van der Waals surface area contributed by atoms with Crippen LogP contribution in [0.2, 0.25) is 0 Å². The van der Waals surface area contributed by atoms with E-state index >= 15 is 0 Å². The van der Waals surface area contributed by atoms with E-state index in [1.54, 1.807) is 25.6 Å². The summed E-state index contributed by atoms with van der Waals surface area (Å²) >= 11 is 1.55. The Balaban J connectivity index is 3.87. The van der Waals surface area contributed by atoms with Crippen molar-refractivity contribution >= 4 is 23.6 Å². The quantitative estimate of drug-likeness (QED) is 0.656. The number of carboxylic acids is 1. The van der Waals surface area contributed by atoms with Gasteiger partial charge in [0.15, 0.2) is 0 Å². The molecule has 0 bridgehead atoms. The summed E-state index contributed by atoms with van der Waals surface area (Å²) in [4.78, 5) is 22.4. The van der Waals surface area contributed by atoms with Crippen LogP contribution in [0.3, 0.4) is 0 Å². The summed E-state index contributed by atoms with van der Waals surface area (Å²) in [6, 6.07) is -0.784. The second-order valence-corrected chi connectivity index (χ2v) is 5.97. The zero-order valence-corrected chi connectivity index (χ0v) is 11.8. The number of amides is 1. The molecule has 0 aromatic heterocycles. The maximum atomic E-state index is 11.5. The van der Waals surface area contributed by atoms with Crippen molar-refractivity contribution in [2.75, 3.05) is 11.5 Å². The van der Waals surface area contributed by atoms with Crippen LogP contribution in [0.4, 0.5) is 0 Å². The molecule has 0 spiro atoms. The smallest absolute Gasteiger partial charge is 0.326 e. The van der Waals surface area contributed by atoms with Gasteiger partial charge in [-0.15, -0.1) is 0 Å². The molecular weight excluding hydrogens is 238 g/mol. The maximum Gasteiger partial charge on any atom is 0.326 e. The van der Waals surface area contributed by atoms with Gasteiger partial charge in [0.1, 0.15) is 6.04 Å². The van der Waals surface area contributed by atoms with Crippen LogP contribution in [-0.2, 0) is 9.59 Å². The molecular formula is C12H23NO3S. The molecule has 2 N–H and O–H groups in total. The van der Waals surface area contributed by atoms with Gasteiger partial charge in [-0.25, -0.2) is 4.79 Å². The average molecular weight is 261 g/mol. The summed E-state index contributed by atoms with van der Waals surface area (Å²) in [7, 11) is 0. The summed E-state index contributed by atoms with van der Waals surface area (Å²) in [6.45, 7) is 7.84. The van der Waals surface area contributed by atoms with Gasteiger partial charge in [-0.3, -0.25) is 4.79 Å². The Morgan fingerprint density at radius 1 is 1.24 bits per heavy atom. The number of carbonyl (C=O) groups excluding carboxylic acids is 1. The highest BCUT2D eigenvalue weighted by atomic mass is 32.2. The fourth-order valence-corrected chi connectivity index (χ4v) is 2.26. The van der Waals surface area contributed by atoms with Crippen LogP contribution in [0.1, 0.15) is 34.1 Å². The van der Waals surface area contributed by atoms with Crippen LogP contribution in [0.5, 0.6) is 0 Å². The van der Waals surface area contributed by atoms with E-state index in [1.165, 1.54) is 0 Å². The van der Waals surface area contributed by atoms with E-state index < -0.39 is 12.0 Å². The van der Waals surface area contributed by atoms with Crippen molar-refractivity contribution in [1.29, 1.82) is 0 Å². The molecule has 0 saturated carbocycles. The summed E-state index contributed by atoms with van der Waals surface area (Å²) in [5.74, 6) is 0.638. The lowest BCUT2D eigenvalue weighted by Crippen LogP contribution is -2.45. The fraction of sp³-hybridized carbons (Fsp3) is 0.833. The Morgan fingerprint density at radius 2 is 1.82 bits per heavy atom. The van der Waals surface area contributed by atoms with Crippen LogP contribution < -0.4 is 5.32 Å². The first-order valence-electron chi connectivity index (χ1n) is 5.94. The molecule has 0 radical (unpaired) electrons. The molecule has 0 aliphatic carbocycles. The van der Waals surface area contributed by atoms with E-state index in [9.17, 15) is 9.59 Å². The monoisotopic (exact) mass is 261 g/mol. The van der Waals surface area contributed by atoms with E-state index in [4.69, 9.17) is 5.11 Å². The number of aliphatic carboxylic acids is 1. The van der Waals surface area contributed by atoms with Crippen molar-refractivity contribution in [2.24, 2.45) is 11.8 Å². The van der Waals surface area contributed by atoms with Crippen molar-refractivity contribution < 1.29 is 14.7 Å². The first-order chi connectivity index (χ1) is 7.84. The first kappa shape index (κ1) is 16.3. The third kappa shape index (κ3) is 8.07. The molecule has 100 valence electrons. The Labute approximate surface area is 108 Å². The second-order valence-electron chi connectivity index (χ2n) is 4.86. The van der Waals surface area contributed by atoms with Gasteiger partial charge in [-0.2, -0.15) is 11.8 Å². The average Bonchev–Trinajstić information content (AvgIpc) is 2.19. The number of hydrogen-bond donors (Lipinski definition) is 2. The standard InChI is InChI=1S/C12H23NO3S/c1-8(2)5-6-17-7-10(14)13-11(9(3)4)12(15)16/h8-9,11H,5-7H2,1-4H3,(H,13,14)(H,15,16)/t11-/m0/s1. The van der Waals surface area contributed by atoms with E-state index in [-0.39, 0.29) is 11.8 Å². The Morgan fingerprint density at radius 3 is 2.24 bits per heavy atom. The highest BCUT2D eigenvalue weighted by Crippen LogP contribution is 2.09. The number of hydrogen-bond acceptors (Lipinski definition) is 3. The molecule has 0 saturated heterocycles. The third-order valence-electron chi connectivity index (χ3n) is 2.32. The first-order valence-corrected chi connectivity index (χ1v) is 7.10. The lowest BCUT2D eigenvalue weighted by Gasteiger charge is -2.17. The van der Waals surface area contributed by atoms with Gasteiger partial charge in [-0.1, -0.05) is 27.7 Å². The SMILES string of the molecule is CC(C)CCSCC(=O)N[C@H](C(=O)O)C(C)C. The minimum atomic E-state index is -0.972. The van der Waals surface area contributed by atoms with Crippen molar-refractivity contribution in [3.63, 3.8) is 0 Å². The van der Waals surface area contributed by atoms with Gasteiger partial charge in [0.05, 0.1) is 5.75 Å². The lowest BCUT2D eigenvalue weighted by molar-refractivity contribution is -0.142. The summed E-state index contributed by atoms with van der Waals surface area (Å²) in [5.41, 5.74) is 0. The number of carboxylic acid groups (broad SMARTS) is 1. The molecule has 4 nitrogen and oxygen atoms in total. The van der Waals surface area contributed by atoms with Gasteiger partial charge >= 0.3 is 5.97 Å². The van der Waals surface area contributed by atoms with E-state index in [2.05, 4.69) is 19.2 Å². The van der Waals surface area contributed by atoms with Gasteiger partial charge in [0.2, 0.25) is 5.91 Å². The molecule has 1 atom stereocenters. The molecule has 0 aromatic carbocycles. The summed E-state index contributed by atoms with van der Waals surface area (Å²) in [6.07, 6.45) is 1.07. The van der Waals surface area contributed by atoms with Gasteiger partial charge in [0, 0.05) is 0 Å². The minimum absolute atomic E-state index is 0.0999. The van der Waals surface area contributed by atoms with Crippen molar-refractivity contribution in [1.82, 2.24) is 5.32 Å². The predicted octanol–water partition coefficient (Wildman–Crippen LogP) is 1.99. The minimum Gasteiger partial charge on any atom is -0.480 e. The van der Waals surface area contributed by atoms with E-state index in [0.717, 1.165) is 12.2 Å². The molecule has 0 rings (SSSR count). The largest absolute Gasteiger partial charge is 0.480 e. The number of carbonyl (C=O) groups is 2. The topological polar surface area (TPSA) is 66.4 Å². The maximum absolute atomic E-state index is 11.5. The Hall–Kier alpha value is -0.710. The number of nitrogens with one attached hydrogen (secondary N) is 1. The van der Waals surface area contributed by atoms with Gasteiger partial charge < -0.3 is 10.4 Å². The molecule has 17 heavy (non-hydrogen) atoms. The number of thioether (sulfide) groups is 1. The zero-order valence-electron chi connectivity index (χ0n) is 11.0. The second kappa shape index (κ2) is 8.39. The fourth-order valence-electron chi connectivity index (χ4n) is 1.21. The number of rotatable bonds is 8. The van der Waals surface area contributed by atoms with Crippen LogP contribution in [0.25, 0.3) is 0 Å². The molecule has 0 aromatic rings. The summed E-state index contributed by atoms with van der Waals surface area (Å²) in [5, 5.41) is 11.5. The molecule has 0 heterocycles. The molecule has 0 aliphatic heterocycles. The van der Waals surface area contributed by atoms with Crippen molar-refractivity contribution in [2.45, 2.75) is 40.2 Å². The molecule has 1 amide bonds. The summed E-state index contributed by atoms with van der Waals surface area (Å²) < 4.78 is 0. The van der Waals surface area contributed by atoms with Crippen LogP contribution in [0, 0.1) is 11.8 Å². The van der Waals surface area contributed by atoms with Crippen LogP contribution in [-0.4, -0.2) is 34.5 Å². The lowest BCUT2D eigenvalue weighted by atomic mass is 10.1. The Kier molecular flexibility index (Phi) is 8.04. The molecule has 0 aliphatic rings. The van der Waals surface area contributed by atoms with Crippen LogP contribution in [0.15, 0.2) is 0 Å². The highest BCUT2D eigenvalue weighted by Gasteiger charge is 2.22. The third-order valence-corrected chi connectivity index (χ3v) is 3.31. The molecule has 0 fully saturated rings. The predicted molar refractivity (Wildman–Crippen MR) is 71.2 cm³/mol. The van der Waals surface area contributed by atoms with Gasteiger partial charge in [-0.05, 0) is 24.0 Å². The molecule has 5 heteroatoms. The van der Waals surface area contributed by atoms with E-state index in [1.807, 2.05) is 0 Å². The van der Waals surface area contributed by atoms with Gasteiger partial charge in [0.25, 0.3) is 0 Å². The van der Waals surface area contributed by atoms with Crippen LogP contribution >= 0.6 is 11.8 Å². The highest BCUT2D eigenvalue weighted by molar-refractivity contribution is 7.99. The van der Waals surface area contributed by atoms with Crippen molar-refractivity contribution in [3.05, 3.63) is 0 Å². The Bertz CT molecular complexity index is 254. The van der Waals surface area contributed by atoms with Crippen molar-refractivity contribution in [3.8, 4) is 0 Å². The normalized spacial score (nSPS) is 12.8. The molecule has 0 unspecified atom stereocenters. The van der Waals surface area contributed by atoms with E-state index in [0.29, 0.717) is 11.7 Å². The zero-order chi connectivity index (χ0) is 13.4.